The zero-order chi connectivity index (χ0) is 14.8. The molecule has 0 fully saturated rings. The van der Waals surface area contributed by atoms with Crippen molar-refractivity contribution in [3.05, 3.63) is 32.8 Å². The molecule has 0 amide bonds. The predicted molar refractivity (Wildman–Crippen MR) is 63.3 cm³/mol. The molecule has 0 saturated carbocycles. The number of nitro groups is 1. The van der Waals surface area contributed by atoms with Gasteiger partial charge in [-0.3, -0.25) is 10.1 Å². The van der Waals surface area contributed by atoms with Gasteiger partial charge in [-0.1, -0.05) is 11.6 Å². The summed E-state index contributed by atoms with van der Waals surface area (Å²) in [4.78, 5) is 9.83. The molecule has 5 nitrogen and oxygen atoms in total. The van der Waals surface area contributed by atoms with Gasteiger partial charge in [0.25, 0.3) is 5.69 Å². The van der Waals surface area contributed by atoms with Crippen molar-refractivity contribution in [3.8, 4) is 0 Å². The quantitative estimate of drug-likeness (QED) is 0.661. The lowest BCUT2D eigenvalue weighted by Gasteiger charge is -2.15. The fourth-order valence-electron chi connectivity index (χ4n) is 1.36. The first-order valence-corrected chi connectivity index (χ1v) is 5.47. The number of hydrogen-bond donors (Lipinski definition) is 2. The molecule has 0 radical (unpaired) electrons. The Hall–Kier alpha value is -1.54. The van der Waals surface area contributed by atoms with Gasteiger partial charge in [0.05, 0.1) is 22.1 Å². The van der Waals surface area contributed by atoms with Crippen LogP contribution in [0.1, 0.15) is 12.5 Å². The minimum Gasteiger partial charge on any atom is -0.394 e. The third kappa shape index (κ3) is 3.71. The van der Waals surface area contributed by atoms with Crippen LogP contribution in [-0.4, -0.2) is 22.7 Å². The van der Waals surface area contributed by atoms with Crippen molar-refractivity contribution in [1.29, 1.82) is 0 Å². The van der Waals surface area contributed by atoms with Crippen LogP contribution in [0.3, 0.4) is 0 Å². The van der Waals surface area contributed by atoms with Crippen molar-refractivity contribution in [1.82, 2.24) is 0 Å². The highest BCUT2D eigenvalue weighted by molar-refractivity contribution is 6.31. The number of halogens is 4. The van der Waals surface area contributed by atoms with E-state index in [-0.39, 0.29) is 12.3 Å². The highest BCUT2D eigenvalue weighted by Crippen LogP contribution is 2.40. The maximum absolute atomic E-state index is 12.6. The van der Waals surface area contributed by atoms with Crippen LogP contribution in [0.15, 0.2) is 12.1 Å². The second-order valence-electron chi connectivity index (χ2n) is 3.83. The van der Waals surface area contributed by atoms with Crippen LogP contribution in [0.5, 0.6) is 0 Å². The Morgan fingerprint density at radius 1 is 1.53 bits per heavy atom. The van der Waals surface area contributed by atoms with Crippen LogP contribution in [0.4, 0.5) is 24.5 Å². The van der Waals surface area contributed by atoms with Gasteiger partial charge in [-0.25, -0.2) is 0 Å². The van der Waals surface area contributed by atoms with E-state index in [1.54, 1.807) is 0 Å². The SMILES string of the molecule is CC(CO)Nc1cc(Cl)c(C(F)(F)F)cc1[N+](=O)[O-]. The number of nitrogens with zero attached hydrogens (tertiary/aromatic N) is 1. The molecule has 0 aliphatic carbocycles. The van der Waals surface area contributed by atoms with Crippen LogP contribution >= 0.6 is 11.6 Å². The molecule has 1 aromatic rings. The molecule has 0 aliphatic rings. The summed E-state index contributed by atoms with van der Waals surface area (Å²) in [5.74, 6) is 0. The predicted octanol–water partition coefficient (Wildman–Crippen LogP) is 3.06. The molecule has 1 aromatic carbocycles. The van der Waals surface area contributed by atoms with Crippen LogP contribution in [-0.2, 0) is 6.18 Å². The Kier molecular flexibility index (Phi) is 4.59. The lowest BCUT2D eigenvalue weighted by molar-refractivity contribution is -0.384. The van der Waals surface area contributed by atoms with Gasteiger partial charge in [0.15, 0.2) is 0 Å². The zero-order valence-corrected chi connectivity index (χ0v) is 10.4. The first-order chi connectivity index (χ1) is 8.66. The van der Waals surface area contributed by atoms with Crippen LogP contribution in [0.2, 0.25) is 5.02 Å². The van der Waals surface area contributed by atoms with E-state index in [0.717, 1.165) is 6.07 Å². The van der Waals surface area contributed by atoms with Gasteiger partial charge < -0.3 is 10.4 Å². The Morgan fingerprint density at radius 2 is 2.11 bits per heavy atom. The summed E-state index contributed by atoms with van der Waals surface area (Å²) in [6.45, 7) is 1.17. The molecular weight excluding hydrogens is 289 g/mol. The van der Waals surface area contributed by atoms with Crippen molar-refractivity contribution in [3.63, 3.8) is 0 Å². The topological polar surface area (TPSA) is 75.4 Å². The zero-order valence-electron chi connectivity index (χ0n) is 9.66. The number of alkyl halides is 3. The molecule has 19 heavy (non-hydrogen) atoms. The van der Waals surface area contributed by atoms with Crippen molar-refractivity contribution in [2.45, 2.75) is 19.1 Å². The van der Waals surface area contributed by atoms with Gasteiger partial charge in [-0.2, -0.15) is 13.2 Å². The monoisotopic (exact) mass is 298 g/mol. The van der Waals surface area contributed by atoms with Crippen molar-refractivity contribution in [2.75, 3.05) is 11.9 Å². The number of anilines is 1. The van der Waals surface area contributed by atoms with Gasteiger partial charge in [-0.15, -0.1) is 0 Å². The molecule has 0 aliphatic heterocycles. The Balaban J connectivity index is 3.34. The smallest absolute Gasteiger partial charge is 0.394 e. The Labute approximate surface area is 111 Å². The number of aliphatic hydroxyl groups excluding tert-OH is 1. The first-order valence-electron chi connectivity index (χ1n) is 5.09. The molecule has 2 N–H and O–H groups in total. The largest absolute Gasteiger partial charge is 0.418 e. The summed E-state index contributed by atoms with van der Waals surface area (Å²) < 4.78 is 37.8. The highest BCUT2D eigenvalue weighted by atomic mass is 35.5. The molecule has 1 unspecified atom stereocenters. The lowest BCUT2D eigenvalue weighted by atomic mass is 10.1. The van der Waals surface area contributed by atoms with Crippen molar-refractivity contribution in [2.24, 2.45) is 0 Å². The minimum atomic E-state index is -4.77. The molecule has 1 rings (SSSR count). The van der Waals surface area contributed by atoms with Gasteiger partial charge in [0, 0.05) is 12.1 Å². The van der Waals surface area contributed by atoms with E-state index in [4.69, 9.17) is 16.7 Å². The summed E-state index contributed by atoms with van der Waals surface area (Å²) in [6, 6.07) is 0.634. The fourth-order valence-corrected chi connectivity index (χ4v) is 1.63. The lowest BCUT2D eigenvalue weighted by Crippen LogP contribution is -2.20. The average molecular weight is 299 g/mol. The van der Waals surface area contributed by atoms with Crippen LogP contribution in [0, 0.1) is 10.1 Å². The number of aliphatic hydroxyl groups is 1. The second-order valence-corrected chi connectivity index (χ2v) is 4.24. The normalized spacial score (nSPS) is 13.2. The van der Waals surface area contributed by atoms with E-state index in [2.05, 4.69) is 5.32 Å². The summed E-state index contributed by atoms with van der Waals surface area (Å²) in [5.41, 5.74) is -2.20. The number of nitro benzene ring substituents is 1. The van der Waals surface area contributed by atoms with E-state index < -0.39 is 33.4 Å². The molecule has 0 aromatic heterocycles. The van der Waals surface area contributed by atoms with Crippen molar-refractivity contribution < 1.29 is 23.2 Å². The third-order valence-electron chi connectivity index (χ3n) is 2.26. The van der Waals surface area contributed by atoms with Gasteiger partial charge in [0.2, 0.25) is 0 Å². The fraction of sp³-hybridized carbons (Fsp3) is 0.400. The summed E-state index contributed by atoms with van der Waals surface area (Å²) in [5, 5.41) is 21.5. The van der Waals surface area contributed by atoms with E-state index in [1.807, 2.05) is 0 Å². The number of rotatable bonds is 4. The molecular formula is C10H10ClF3N2O3. The number of hydrogen-bond acceptors (Lipinski definition) is 4. The molecule has 1 atom stereocenters. The average Bonchev–Trinajstić information content (AvgIpc) is 2.26. The molecule has 0 saturated heterocycles. The standard InChI is InChI=1S/C10H10ClF3N2O3/c1-5(4-17)15-8-3-7(11)6(10(12,13)14)2-9(8)16(18)19/h2-3,5,15,17H,4H2,1H3. The second kappa shape index (κ2) is 5.62. The third-order valence-corrected chi connectivity index (χ3v) is 2.58. The van der Waals surface area contributed by atoms with Gasteiger partial charge in [0.1, 0.15) is 5.69 Å². The van der Waals surface area contributed by atoms with E-state index in [1.165, 1.54) is 6.92 Å². The molecule has 0 heterocycles. The van der Waals surface area contributed by atoms with Crippen molar-refractivity contribution >= 4 is 23.0 Å². The number of nitrogens with one attached hydrogen (secondary N) is 1. The number of benzene rings is 1. The Bertz CT molecular complexity index is 494. The summed E-state index contributed by atoms with van der Waals surface area (Å²) >= 11 is 5.47. The molecule has 9 heteroatoms. The minimum absolute atomic E-state index is 0.176. The van der Waals surface area contributed by atoms with E-state index in [0.29, 0.717) is 6.07 Å². The summed E-state index contributed by atoms with van der Waals surface area (Å²) in [6.07, 6.45) is -4.77. The van der Waals surface area contributed by atoms with E-state index >= 15 is 0 Å². The van der Waals surface area contributed by atoms with Crippen LogP contribution in [0.25, 0.3) is 0 Å². The Morgan fingerprint density at radius 3 is 2.53 bits per heavy atom. The van der Waals surface area contributed by atoms with Gasteiger partial charge in [-0.05, 0) is 13.0 Å². The summed E-state index contributed by atoms with van der Waals surface area (Å²) in [7, 11) is 0. The van der Waals surface area contributed by atoms with Crippen LogP contribution < -0.4 is 5.32 Å². The van der Waals surface area contributed by atoms with E-state index in [9.17, 15) is 23.3 Å². The highest BCUT2D eigenvalue weighted by Gasteiger charge is 2.36. The first kappa shape index (κ1) is 15.5. The molecule has 0 bridgehead atoms. The molecule has 0 spiro atoms. The maximum Gasteiger partial charge on any atom is 0.418 e. The van der Waals surface area contributed by atoms with Gasteiger partial charge >= 0.3 is 6.18 Å². The molecule has 106 valence electrons. The maximum atomic E-state index is 12.6.